The van der Waals surface area contributed by atoms with Crippen LogP contribution in [0.15, 0.2) is 77.3 Å². The fourth-order valence-electron chi connectivity index (χ4n) is 3.81. The molecular formula is C21H18N4O3S2. The molecule has 0 radical (unpaired) electrons. The van der Waals surface area contributed by atoms with Crippen molar-refractivity contribution >= 4 is 49.0 Å². The number of fused-ring (bicyclic) bond motifs is 1. The quantitative estimate of drug-likeness (QED) is 0.513. The van der Waals surface area contributed by atoms with E-state index in [1.807, 2.05) is 41.1 Å². The summed E-state index contributed by atoms with van der Waals surface area (Å²) < 4.78 is 29.5. The molecule has 9 heteroatoms. The van der Waals surface area contributed by atoms with Crippen LogP contribution in [0.1, 0.15) is 12.5 Å². The molecule has 1 fully saturated rings. The lowest BCUT2D eigenvalue weighted by Gasteiger charge is -2.18. The van der Waals surface area contributed by atoms with Crippen LogP contribution in [0.25, 0.3) is 10.9 Å². The van der Waals surface area contributed by atoms with Crippen LogP contribution in [0.4, 0.5) is 10.8 Å². The van der Waals surface area contributed by atoms with Crippen molar-refractivity contribution in [2.24, 2.45) is 0 Å². The first-order valence-corrected chi connectivity index (χ1v) is 11.8. The number of benzene rings is 2. The number of carbonyl (C=O) groups excluding carboxylic acids is 1. The van der Waals surface area contributed by atoms with Gasteiger partial charge in [-0.15, -0.1) is 11.3 Å². The predicted octanol–water partition coefficient (Wildman–Crippen LogP) is 3.88. The van der Waals surface area contributed by atoms with E-state index in [0.29, 0.717) is 23.8 Å². The van der Waals surface area contributed by atoms with Crippen molar-refractivity contribution in [3.63, 3.8) is 0 Å². The minimum absolute atomic E-state index is 0.00729. The Hall–Kier alpha value is -3.17. The Kier molecular flexibility index (Phi) is 4.56. The number of sulfonamides is 1. The maximum Gasteiger partial charge on any atom is 0.263 e. The monoisotopic (exact) mass is 438 g/mol. The van der Waals surface area contributed by atoms with Gasteiger partial charge in [0, 0.05) is 35.5 Å². The summed E-state index contributed by atoms with van der Waals surface area (Å²) in [5, 5.41) is 3.12. The first-order chi connectivity index (χ1) is 14.5. The van der Waals surface area contributed by atoms with Gasteiger partial charge in [0.15, 0.2) is 5.13 Å². The molecule has 152 valence electrons. The molecule has 2 aromatic carbocycles. The average molecular weight is 439 g/mol. The summed E-state index contributed by atoms with van der Waals surface area (Å²) in [7, 11) is -3.72. The van der Waals surface area contributed by atoms with Crippen LogP contribution in [-0.2, 0) is 14.8 Å². The summed E-state index contributed by atoms with van der Waals surface area (Å²) in [5.74, 6) is 0.00729. The fourth-order valence-corrected chi connectivity index (χ4v) is 5.60. The molecule has 30 heavy (non-hydrogen) atoms. The van der Waals surface area contributed by atoms with Gasteiger partial charge in [0.25, 0.3) is 10.0 Å². The van der Waals surface area contributed by atoms with E-state index < -0.39 is 10.0 Å². The zero-order valence-electron chi connectivity index (χ0n) is 15.8. The average Bonchev–Trinajstić information content (AvgIpc) is 3.48. The Bertz CT molecular complexity index is 1310. The molecule has 4 aromatic rings. The molecule has 2 aromatic heterocycles. The highest BCUT2D eigenvalue weighted by molar-refractivity contribution is 7.93. The second-order valence-corrected chi connectivity index (χ2v) is 9.59. The molecule has 0 aliphatic carbocycles. The molecule has 1 saturated heterocycles. The largest absolute Gasteiger partial charge is 0.335 e. The number of rotatable bonds is 5. The Balaban J connectivity index is 1.37. The van der Waals surface area contributed by atoms with Crippen molar-refractivity contribution in [3.8, 4) is 0 Å². The van der Waals surface area contributed by atoms with Crippen LogP contribution >= 0.6 is 11.3 Å². The van der Waals surface area contributed by atoms with E-state index in [4.69, 9.17) is 0 Å². The number of aromatic nitrogens is 2. The highest BCUT2D eigenvalue weighted by Crippen LogP contribution is 2.32. The molecule has 0 saturated carbocycles. The van der Waals surface area contributed by atoms with Gasteiger partial charge in [0.05, 0.1) is 4.90 Å². The van der Waals surface area contributed by atoms with Gasteiger partial charge in [-0.1, -0.05) is 18.2 Å². The number of para-hydroxylation sites is 1. The van der Waals surface area contributed by atoms with E-state index in [1.54, 1.807) is 22.4 Å². The van der Waals surface area contributed by atoms with Gasteiger partial charge in [-0.3, -0.25) is 9.52 Å². The van der Waals surface area contributed by atoms with Gasteiger partial charge in [0.1, 0.15) is 6.04 Å². The van der Waals surface area contributed by atoms with E-state index in [9.17, 15) is 13.2 Å². The van der Waals surface area contributed by atoms with Crippen molar-refractivity contribution in [1.82, 2.24) is 9.55 Å². The highest BCUT2D eigenvalue weighted by Gasteiger charge is 2.34. The molecule has 0 unspecified atom stereocenters. The summed E-state index contributed by atoms with van der Waals surface area (Å²) in [6, 6.07) is 16.1. The van der Waals surface area contributed by atoms with Gasteiger partial charge < -0.3 is 9.47 Å². The van der Waals surface area contributed by atoms with Crippen molar-refractivity contribution < 1.29 is 13.2 Å². The predicted molar refractivity (Wildman–Crippen MR) is 117 cm³/mol. The van der Waals surface area contributed by atoms with E-state index in [0.717, 1.165) is 10.9 Å². The molecule has 7 nitrogen and oxygen atoms in total. The summed E-state index contributed by atoms with van der Waals surface area (Å²) in [5.41, 5.74) is 1.72. The minimum atomic E-state index is -3.72. The zero-order valence-corrected chi connectivity index (χ0v) is 17.4. The Morgan fingerprint density at radius 1 is 1.07 bits per heavy atom. The topological polar surface area (TPSA) is 84.3 Å². The second kappa shape index (κ2) is 7.26. The maximum absolute atomic E-state index is 13.1. The first-order valence-electron chi connectivity index (χ1n) is 9.42. The van der Waals surface area contributed by atoms with E-state index in [-0.39, 0.29) is 16.8 Å². The molecule has 1 amide bonds. The number of hydrogen-bond acceptors (Lipinski definition) is 5. The lowest BCUT2D eigenvalue weighted by Crippen LogP contribution is -2.28. The van der Waals surface area contributed by atoms with Crippen LogP contribution in [0.3, 0.4) is 0 Å². The normalized spacial score (nSPS) is 17.0. The van der Waals surface area contributed by atoms with Crippen LogP contribution in [0, 0.1) is 0 Å². The van der Waals surface area contributed by atoms with Gasteiger partial charge in [0.2, 0.25) is 5.91 Å². The Morgan fingerprint density at radius 2 is 1.87 bits per heavy atom. The summed E-state index contributed by atoms with van der Waals surface area (Å²) in [6.45, 7) is 0.583. The van der Waals surface area contributed by atoms with Crippen LogP contribution in [0.5, 0.6) is 0 Å². The molecule has 1 N–H and O–H groups in total. The lowest BCUT2D eigenvalue weighted by atomic mass is 10.2. The molecule has 1 aliphatic rings. The van der Waals surface area contributed by atoms with Crippen molar-refractivity contribution in [2.75, 3.05) is 16.2 Å². The molecule has 1 aliphatic heterocycles. The van der Waals surface area contributed by atoms with E-state index in [2.05, 4.69) is 9.71 Å². The number of nitrogens with one attached hydrogen (secondary N) is 1. The van der Waals surface area contributed by atoms with Gasteiger partial charge in [-0.25, -0.2) is 13.4 Å². The smallest absolute Gasteiger partial charge is 0.263 e. The first kappa shape index (κ1) is 18.8. The van der Waals surface area contributed by atoms with E-state index in [1.165, 1.54) is 29.7 Å². The Morgan fingerprint density at radius 3 is 2.63 bits per heavy atom. The highest BCUT2D eigenvalue weighted by atomic mass is 32.2. The standard InChI is InChI=1S/C21H18N4O3S2/c26-20-19(25-12-9-15-3-1-2-4-18(15)25)10-13-24(20)16-5-7-17(8-6-16)30(27,28)23-21-22-11-14-29-21/h1-9,11-12,14,19H,10,13H2,(H,22,23)/t19-/m0/s1. The SMILES string of the molecule is O=C1[C@@H](n2ccc3ccccc32)CCN1c1ccc(S(=O)(=O)Nc2nccs2)cc1. The fraction of sp³-hybridized carbons (Fsp3) is 0.143. The number of hydrogen-bond donors (Lipinski definition) is 1. The van der Waals surface area contributed by atoms with Crippen molar-refractivity contribution in [3.05, 3.63) is 72.4 Å². The van der Waals surface area contributed by atoms with Crippen molar-refractivity contribution in [2.45, 2.75) is 17.4 Å². The molecule has 3 heterocycles. The lowest BCUT2D eigenvalue weighted by molar-refractivity contribution is -0.119. The summed E-state index contributed by atoms with van der Waals surface area (Å²) in [6.07, 6.45) is 4.19. The van der Waals surface area contributed by atoms with Crippen LogP contribution in [0.2, 0.25) is 0 Å². The van der Waals surface area contributed by atoms with Gasteiger partial charge in [-0.2, -0.15) is 0 Å². The third-order valence-electron chi connectivity index (χ3n) is 5.26. The van der Waals surface area contributed by atoms with Crippen molar-refractivity contribution in [1.29, 1.82) is 0 Å². The maximum atomic E-state index is 13.1. The summed E-state index contributed by atoms with van der Waals surface area (Å²) in [4.78, 5) is 18.9. The number of anilines is 2. The molecule has 1 atom stereocenters. The summed E-state index contributed by atoms with van der Waals surface area (Å²) >= 11 is 1.21. The number of thiazole rings is 1. The zero-order chi connectivity index (χ0) is 20.7. The molecule has 5 rings (SSSR count). The minimum Gasteiger partial charge on any atom is -0.335 e. The Labute approximate surface area is 177 Å². The molecule has 0 spiro atoms. The number of carbonyl (C=O) groups is 1. The van der Waals surface area contributed by atoms with Crippen LogP contribution in [-0.4, -0.2) is 30.4 Å². The third kappa shape index (κ3) is 3.25. The van der Waals surface area contributed by atoms with Gasteiger partial charge in [-0.05, 0) is 48.2 Å². The number of amides is 1. The number of nitrogens with zero attached hydrogens (tertiary/aromatic N) is 3. The second-order valence-electron chi connectivity index (χ2n) is 7.01. The molecule has 0 bridgehead atoms. The molecular weight excluding hydrogens is 420 g/mol. The van der Waals surface area contributed by atoms with Gasteiger partial charge >= 0.3 is 0 Å². The third-order valence-corrected chi connectivity index (χ3v) is 7.43. The van der Waals surface area contributed by atoms with Crippen LogP contribution < -0.4 is 9.62 Å². The van der Waals surface area contributed by atoms with E-state index >= 15 is 0 Å².